The number of methoxy groups -OCH3 is 2. The van der Waals surface area contributed by atoms with Crippen molar-refractivity contribution < 1.29 is 19.3 Å². The monoisotopic (exact) mass is 456 g/mol. The predicted molar refractivity (Wildman–Crippen MR) is 125 cm³/mol. The Balaban J connectivity index is 1.62. The number of aliphatic hydroxyl groups excluding tert-OH is 1. The van der Waals surface area contributed by atoms with E-state index in [1.165, 1.54) is 11.8 Å². The second-order valence-corrected chi connectivity index (χ2v) is 7.86. The fourth-order valence-corrected chi connectivity index (χ4v) is 3.87. The van der Waals surface area contributed by atoms with Crippen molar-refractivity contribution in [1.82, 2.24) is 19.7 Å². The number of nitrogens with zero attached hydrogens (tertiary/aromatic N) is 4. The molecule has 1 unspecified atom stereocenters. The number of pyridine rings is 1. The summed E-state index contributed by atoms with van der Waals surface area (Å²) in [6.07, 6.45) is 6.69. The minimum atomic E-state index is -0.697. The zero-order valence-corrected chi connectivity index (χ0v) is 19.3. The third kappa shape index (κ3) is 6.32. The maximum atomic E-state index is 10.5. The third-order valence-electron chi connectivity index (χ3n) is 4.56. The van der Waals surface area contributed by atoms with Crippen LogP contribution in [0.1, 0.15) is 12.5 Å². The van der Waals surface area contributed by atoms with Crippen molar-refractivity contribution in [2.24, 2.45) is 0 Å². The van der Waals surface area contributed by atoms with Gasteiger partial charge in [0.2, 0.25) is 0 Å². The van der Waals surface area contributed by atoms with Crippen LogP contribution < -0.4 is 9.47 Å². The van der Waals surface area contributed by atoms with Gasteiger partial charge in [-0.25, -0.2) is 0 Å². The van der Waals surface area contributed by atoms with E-state index in [0.29, 0.717) is 35.6 Å². The molecule has 2 aromatic heterocycles. The fraction of sp³-hybridized carbons (Fsp3) is 0.348. The molecule has 0 aliphatic carbocycles. The Hall–Kier alpha value is -2.88. The topological polar surface area (TPSA) is 91.5 Å². The van der Waals surface area contributed by atoms with Crippen molar-refractivity contribution in [3.63, 3.8) is 0 Å². The average molecular weight is 457 g/mol. The number of benzene rings is 1. The number of aromatic nitrogens is 4. The lowest BCUT2D eigenvalue weighted by Crippen LogP contribution is -2.20. The van der Waals surface area contributed by atoms with Crippen LogP contribution in [0.2, 0.25) is 0 Å². The summed E-state index contributed by atoms with van der Waals surface area (Å²) in [6.45, 7) is 3.22. The molecule has 1 atom stereocenters. The molecule has 0 radical (unpaired) electrons. The summed E-state index contributed by atoms with van der Waals surface area (Å²) >= 11 is 1.42. The quantitative estimate of drug-likeness (QED) is 0.414. The van der Waals surface area contributed by atoms with Gasteiger partial charge >= 0.3 is 0 Å². The van der Waals surface area contributed by atoms with E-state index in [-0.39, 0.29) is 6.61 Å². The Labute approximate surface area is 192 Å². The van der Waals surface area contributed by atoms with E-state index in [1.807, 2.05) is 54.0 Å². The molecule has 3 rings (SSSR count). The molecule has 2 heterocycles. The number of hydrogen-bond acceptors (Lipinski definition) is 8. The van der Waals surface area contributed by atoms with Gasteiger partial charge in [0.15, 0.2) is 22.5 Å². The molecular weight excluding hydrogens is 428 g/mol. The van der Waals surface area contributed by atoms with Gasteiger partial charge < -0.3 is 19.3 Å². The molecule has 0 saturated heterocycles. The summed E-state index contributed by atoms with van der Waals surface area (Å²) in [5.41, 5.74) is 1.95. The van der Waals surface area contributed by atoms with Gasteiger partial charge in [-0.3, -0.25) is 9.55 Å². The van der Waals surface area contributed by atoms with Gasteiger partial charge in [-0.15, -0.1) is 10.2 Å². The molecule has 8 nitrogen and oxygen atoms in total. The van der Waals surface area contributed by atoms with Crippen molar-refractivity contribution in [3.8, 4) is 22.9 Å². The lowest BCUT2D eigenvalue weighted by molar-refractivity contribution is 0.124. The first-order valence-electron chi connectivity index (χ1n) is 10.2. The van der Waals surface area contributed by atoms with Gasteiger partial charge in [-0.05, 0) is 36.8 Å². The van der Waals surface area contributed by atoms with Crippen molar-refractivity contribution in [3.05, 3.63) is 54.4 Å². The van der Waals surface area contributed by atoms with E-state index in [9.17, 15) is 5.11 Å². The Bertz CT molecular complexity index is 1010. The maximum absolute atomic E-state index is 10.5. The summed E-state index contributed by atoms with van der Waals surface area (Å²) in [7, 11) is 3.25. The number of ether oxygens (including phenoxy) is 3. The number of thioether (sulfide) groups is 1. The van der Waals surface area contributed by atoms with Crippen LogP contribution in [0.5, 0.6) is 11.5 Å². The first-order chi connectivity index (χ1) is 15.7. The highest BCUT2D eigenvalue weighted by Crippen LogP contribution is 2.29. The molecule has 0 fully saturated rings. The molecule has 32 heavy (non-hydrogen) atoms. The highest BCUT2D eigenvalue weighted by atomic mass is 32.2. The highest BCUT2D eigenvalue weighted by molar-refractivity contribution is 7.99. The largest absolute Gasteiger partial charge is 0.493 e. The minimum Gasteiger partial charge on any atom is -0.493 e. The highest BCUT2D eigenvalue weighted by Gasteiger charge is 2.16. The molecule has 1 N–H and O–H groups in total. The lowest BCUT2D eigenvalue weighted by atomic mass is 10.2. The summed E-state index contributed by atoms with van der Waals surface area (Å²) < 4.78 is 18.4. The first-order valence-corrected chi connectivity index (χ1v) is 11.2. The van der Waals surface area contributed by atoms with E-state index in [2.05, 4.69) is 15.2 Å². The van der Waals surface area contributed by atoms with Crippen LogP contribution in [0.3, 0.4) is 0 Å². The van der Waals surface area contributed by atoms with Crippen molar-refractivity contribution in [2.45, 2.75) is 24.7 Å². The van der Waals surface area contributed by atoms with Crippen LogP contribution in [0.4, 0.5) is 0 Å². The standard InChI is InChI=1S/C23H28N4O4S/c1-4-5-17-6-7-20(21(14-17)30-3)31-15-19(28)16-32-23-26-25-22(27(23)12-13-29-2)18-8-10-24-11-9-18/h4-11,14,19,28H,12-13,15-16H2,1-3H3/b5-4+. The smallest absolute Gasteiger partial charge is 0.191 e. The number of rotatable bonds is 12. The zero-order chi connectivity index (χ0) is 22.8. The molecular formula is C23H28N4O4S. The Morgan fingerprint density at radius 3 is 2.66 bits per heavy atom. The molecule has 0 aliphatic heterocycles. The average Bonchev–Trinajstić information content (AvgIpc) is 3.23. The van der Waals surface area contributed by atoms with Gasteiger partial charge in [0.25, 0.3) is 0 Å². The van der Waals surface area contributed by atoms with Gasteiger partial charge in [0.1, 0.15) is 6.61 Å². The zero-order valence-electron chi connectivity index (χ0n) is 18.5. The molecule has 0 aliphatic rings. The van der Waals surface area contributed by atoms with E-state index in [4.69, 9.17) is 14.2 Å². The van der Waals surface area contributed by atoms with Gasteiger partial charge in [0.05, 0.1) is 26.4 Å². The molecule has 170 valence electrons. The summed E-state index contributed by atoms with van der Waals surface area (Å²) in [6, 6.07) is 9.46. The number of aliphatic hydroxyl groups is 1. The molecule has 0 spiro atoms. The number of hydrogen-bond donors (Lipinski definition) is 1. The van der Waals surface area contributed by atoms with Crippen LogP contribution in [-0.2, 0) is 11.3 Å². The second kappa shape index (κ2) is 12.2. The van der Waals surface area contributed by atoms with Crippen molar-refractivity contribution in [2.75, 3.05) is 33.2 Å². The number of allylic oxidation sites excluding steroid dienone is 1. The van der Waals surface area contributed by atoms with Gasteiger partial charge in [-0.1, -0.05) is 30.0 Å². The van der Waals surface area contributed by atoms with Gasteiger partial charge in [-0.2, -0.15) is 0 Å². The Kier molecular flexibility index (Phi) is 9.09. The van der Waals surface area contributed by atoms with Crippen molar-refractivity contribution >= 4 is 17.8 Å². The molecule has 1 aromatic carbocycles. The van der Waals surface area contributed by atoms with Crippen LogP contribution in [0.15, 0.2) is 54.0 Å². The molecule has 0 amide bonds. The van der Waals surface area contributed by atoms with E-state index < -0.39 is 6.10 Å². The van der Waals surface area contributed by atoms with Crippen LogP contribution in [0, 0.1) is 0 Å². The Morgan fingerprint density at radius 1 is 1.12 bits per heavy atom. The predicted octanol–water partition coefficient (Wildman–Crippen LogP) is 3.56. The molecule has 3 aromatic rings. The molecule has 9 heteroatoms. The summed E-state index contributed by atoms with van der Waals surface area (Å²) in [5.74, 6) is 2.36. The van der Waals surface area contributed by atoms with Crippen LogP contribution >= 0.6 is 11.8 Å². The second-order valence-electron chi connectivity index (χ2n) is 6.87. The third-order valence-corrected chi connectivity index (χ3v) is 5.67. The van der Waals surface area contributed by atoms with E-state index in [0.717, 1.165) is 17.0 Å². The van der Waals surface area contributed by atoms with Crippen molar-refractivity contribution in [1.29, 1.82) is 0 Å². The van der Waals surface area contributed by atoms with Gasteiger partial charge in [0, 0.05) is 30.8 Å². The van der Waals surface area contributed by atoms with Crippen LogP contribution in [0.25, 0.3) is 17.5 Å². The lowest BCUT2D eigenvalue weighted by Gasteiger charge is -2.15. The van der Waals surface area contributed by atoms with E-state index in [1.54, 1.807) is 26.6 Å². The normalized spacial score (nSPS) is 12.2. The summed E-state index contributed by atoms with van der Waals surface area (Å²) in [4.78, 5) is 4.05. The fourth-order valence-electron chi connectivity index (χ4n) is 3.00. The van der Waals surface area contributed by atoms with Crippen LogP contribution in [-0.4, -0.2) is 64.1 Å². The van der Waals surface area contributed by atoms with E-state index >= 15 is 0 Å². The SMILES string of the molecule is C/C=C/c1ccc(OCC(O)CSc2nnc(-c3ccncc3)n2CCOC)c(OC)c1. The molecule has 0 bridgehead atoms. The first kappa shape index (κ1) is 23.8. The maximum Gasteiger partial charge on any atom is 0.191 e. The summed E-state index contributed by atoms with van der Waals surface area (Å²) in [5, 5.41) is 19.8. The minimum absolute atomic E-state index is 0.135. The Morgan fingerprint density at radius 2 is 1.94 bits per heavy atom. The molecule has 0 saturated carbocycles.